The SMILES string of the molecule is C[C@@H](OC(=O)C12CC3CC(CC(C3)C1)C2)C(=O)NC1CC1. The van der Waals surface area contributed by atoms with E-state index in [1.165, 1.54) is 19.3 Å². The van der Waals surface area contributed by atoms with Gasteiger partial charge in [-0.2, -0.15) is 0 Å². The summed E-state index contributed by atoms with van der Waals surface area (Å²) in [6.45, 7) is 1.70. The molecule has 21 heavy (non-hydrogen) atoms. The highest BCUT2D eigenvalue weighted by atomic mass is 16.5. The summed E-state index contributed by atoms with van der Waals surface area (Å²) in [7, 11) is 0. The number of nitrogens with one attached hydrogen (secondary N) is 1. The lowest BCUT2D eigenvalue weighted by molar-refractivity contribution is -0.178. The number of hydrogen-bond donors (Lipinski definition) is 1. The van der Waals surface area contributed by atoms with Crippen molar-refractivity contribution in [2.45, 2.75) is 70.4 Å². The summed E-state index contributed by atoms with van der Waals surface area (Å²) in [6, 6.07) is 0.318. The number of esters is 1. The van der Waals surface area contributed by atoms with Crippen molar-refractivity contribution < 1.29 is 14.3 Å². The van der Waals surface area contributed by atoms with Crippen molar-refractivity contribution in [1.29, 1.82) is 0 Å². The van der Waals surface area contributed by atoms with Gasteiger partial charge in [-0.3, -0.25) is 9.59 Å². The minimum atomic E-state index is -0.647. The molecule has 5 aliphatic carbocycles. The third-order valence-electron chi connectivity index (χ3n) is 6.05. The highest BCUT2D eigenvalue weighted by Gasteiger charge is 2.55. The average molecular weight is 291 g/mol. The van der Waals surface area contributed by atoms with Gasteiger partial charge in [-0.25, -0.2) is 0 Å². The molecule has 1 N–H and O–H groups in total. The van der Waals surface area contributed by atoms with Gasteiger partial charge in [0.2, 0.25) is 0 Å². The molecule has 0 radical (unpaired) electrons. The zero-order valence-electron chi connectivity index (χ0n) is 12.8. The van der Waals surface area contributed by atoms with Crippen molar-refractivity contribution >= 4 is 11.9 Å². The third-order valence-corrected chi connectivity index (χ3v) is 6.05. The van der Waals surface area contributed by atoms with Gasteiger partial charge in [0.15, 0.2) is 6.10 Å². The van der Waals surface area contributed by atoms with Crippen molar-refractivity contribution in [2.24, 2.45) is 23.2 Å². The Bertz CT molecular complexity index is 433. The van der Waals surface area contributed by atoms with Crippen LogP contribution in [-0.2, 0) is 14.3 Å². The van der Waals surface area contributed by atoms with Crippen LogP contribution in [0.3, 0.4) is 0 Å². The van der Waals surface area contributed by atoms with Crippen LogP contribution in [0.2, 0.25) is 0 Å². The van der Waals surface area contributed by atoms with Crippen molar-refractivity contribution in [3.63, 3.8) is 0 Å². The molecule has 0 aromatic carbocycles. The molecular weight excluding hydrogens is 266 g/mol. The Morgan fingerprint density at radius 2 is 1.57 bits per heavy atom. The molecule has 5 rings (SSSR count). The summed E-state index contributed by atoms with van der Waals surface area (Å²) < 4.78 is 5.57. The van der Waals surface area contributed by atoms with E-state index in [1.807, 2.05) is 0 Å². The maximum absolute atomic E-state index is 12.7. The zero-order chi connectivity index (χ0) is 14.6. The van der Waals surface area contributed by atoms with Crippen molar-refractivity contribution in [1.82, 2.24) is 5.32 Å². The maximum Gasteiger partial charge on any atom is 0.312 e. The Morgan fingerprint density at radius 1 is 1.05 bits per heavy atom. The van der Waals surface area contributed by atoms with Crippen molar-refractivity contribution in [2.75, 3.05) is 0 Å². The Labute approximate surface area is 126 Å². The fourth-order valence-electron chi connectivity index (χ4n) is 5.25. The van der Waals surface area contributed by atoms with E-state index < -0.39 is 6.10 Å². The van der Waals surface area contributed by atoms with E-state index in [0.717, 1.165) is 49.9 Å². The van der Waals surface area contributed by atoms with Crippen LogP contribution >= 0.6 is 0 Å². The van der Waals surface area contributed by atoms with Crippen LogP contribution in [0.5, 0.6) is 0 Å². The van der Waals surface area contributed by atoms with E-state index in [2.05, 4.69) is 5.32 Å². The van der Waals surface area contributed by atoms with Gasteiger partial charge in [0.05, 0.1) is 5.41 Å². The van der Waals surface area contributed by atoms with Crippen LogP contribution in [0.1, 0.15) is 58.3 Å². The van der Waals surface area contributed by atoms with Crippen molar-refractivity contribution in [3.05, 3.63) is 0 Å². The first kappa shape index (κ1) is 13.6. The Kier molecular flexibility index (Phi) is 3.05. The van der Waals surface area contributed by atoms with Gasteiger partial charge in [-0.15, -0.1) is 0 Å². The van der Waals surface area contributed by atoms with E-state index in [9.17, 15) is 9.59 Å². The molecule has 5 aliphatic rings. The van der Waals surface area contributed by atoms with Gasteiger partial charge in [0, 0.05) is 6.04 Å². The van der Waals surface area contributed by atoms with E-state index >= 15 is 0 Å². The normalized spacial score (nSPS) is 41.7. The number of amides is 1. The van der Waals surface area contributed by atoms with E-state index in [0.29, 0.717) is 6.04 Å². The van der Waals surface area contributed by atoms with Crippen LogP contribution < -0.4 is 5.32 Å². The van der Waals surface area contributed by atoms with Crippen LogP contribution in [0.15, 0.2) is 0 Å². The molecule has 116 valence electrons. The maximum atomic E-state index is 12.7. The fraction of sp³-hybridized carbons (Fsp3) is 0.882. The number of rotatable bonds is 4. The molecular formula is C17H25NO3. The number of ether oxygens (including phenoxy) is 1. The molecule has 4 nitrogen and oxygen atoms in total. The van der Waals surface area contributed by atoms with E-state index in [-0.39, 0.29) is 17.3 Å². The lowest BCUT2D eigenvalue weighted by atomic mass is 9.49. The molecule has 0 spiro atoms. The predicted octanol–water partition coefficient (Wildman–Crippen LogP) is 2.41. The van der Waals surface area contributed by atoms with Crippen LogP contribution in [0, 0.1) is 23.2 Å². The summed E-state index contributed by atoms with van der Waals surface area (Å²) in [6.07, 6.45) is 8.38. The molecule has 5 saturated carbocycles. The minimum absolute atomic E-state index is 0.0972. The zero-order valence-corrected chi connectivity index (χ0v) is 12.8. The molecule has 1 amide bonds. The third kappa shape index (κ3) is 2.47. The second kappa shape index (κ2) is 4.72. The molecule has 5 fully saturated rings. The van der Waals surface area contributed by atoms with E-state index in [1.54, 1.807) is 6.92 Å². The standard InChI is InChI=1S/C17H25NO3/c1-10(15(19)18-14-2-3-14)21-16(20)17-7-11-4-12(8-17)6-13(5-11)9-17/h10-14H,2-9H2,1H3,(H,18,19)/t10-,11?,12?,13?,17?/m1/s1. The first-order valence-corrected chi connectivity index (χ1v) is 8.55. The average Bonchev–Trinajstić information content (AvgIpc) is 3.20. The molecule has 0 saturated heterocycles. The highest BCUT2D eigenvalue weighted by Crippen LogP contribution is 2.60. The minimum Gasteiger partial charge on any atom is -0.452 e. The quantitative estimate of drug-likeness (QED) is 0.809. The largest absolute Gasteiger partial charge is 0.452 e. The first-order chi connectivity index (χ1) is 10.0. The lowest BCUT2D eigenvalue weighted by Crippen LogP contribution is -2.51. The Morgan fingerprint density at radius 3 is 2.05 bits per heavy atom. The lowest BCUT2D eigenvalue weighted by Gasteiger charge is -2.55. The van der Waals surface area contributed by atoms with Crippen molar-refractivity contribution in [3.8, 4) is 0 Å². The molecule has 0 aromatic heterocycles. The second-order valence-corrected chi connectivity index (χ2v) is 8.03. The molecule has 0 heterocycles. The molecule has 0 aliphatic heterocycles. The van der Waals surface area contributed by atoms with Gasteiger partial charge in [0.25, 0.3) is 5.91 Å². The number of hydrogen-bond acceptors (Lipinski definition) is 3. The molecule has 4 bridgehead atoms. The van der Waals surface area contributed by atoms with Crippen LogP contribution in [-0.4, -0.2) is 24.0 Å². The Hall–Kier alpha value is -1.06. The molecule has 0 unspecified atom stereocenters. The molecule has 4 heteroatoms. The van der Waals surface area contributed by atoms with Gasteiger partial charge in [-0.1, -0.05) is 0 Å². The number of carbonyl (C=O) groups excluding carboxylic acids is 2. The molecule has 1 atom stereocenters. The van der Waals surface area contributed by atoms with E-state index in [4.69, 9.17) is 4.74 Å². The predicted molar refractivity (Wildman–Crippen MR) is 77.3 cm³/mol. The Balaban J connectivity index is 1.41. The number of carbonyl (C=O) groups is 2. The molecule has 0 aromatic rings. The highest BCUT2D eigenvalue weighted by molar-refractivity contribution is 5.85. The smallest absolute Gasteiger partial charge is 0.312 e. The summed E-state index contributed by atoms with van der Waals surface area (Å²) in [5.74, 6) is 1.94. The van der Waals surface area contributed by atoms with Gasteiger partial charge in [0.1, 0.15) is 0 Å². The van der Waals surface area contributed by atoms with Crippen LogP contribution in [0.4, 0.5) is 0 Å². The topological polar surface area (TPSA) is 55.4 Å². The summed E-state index contributed by atoms with van der Waals surface area (Å²) in [4.78, 5) is 24.7. The summed E-state index contributed by atoms with van der Waals surface area (Å²) in [5, 5.41) is 2.92. The van der Waals surface area contributed by atoms with Gasteiger partial charge >= 0.3 is 5.97 Å². The fourth-order valence-corrected chi connectivity index (χ4v) is 5.25. The summed E-state index contributed by atoms with van der Waals surface area (Å²) in [5.41, 5.74) is -0.261. The van der Waals surface area contributed by atoms with Gasteiger partial charge in [-0.05, 0) is 76.0 Å². The van der Waals surface area contributed by atoms with Crippen LogP contribution in [0.25, 0.3) is 0 Å². The van der Waals surface area contributed by atoms with Gasteiger partial charge < -0.3 is 10.1 Å². The first-order valence-electron chi connectivity index (χ1n) is 8.55. The monoisotopic (exact) mass is 291 g/mol. The summed E-state index contributed by atoms with van der Waals surface area (Å²) >= 11 is 0. The second-order valence-electron chi connectivity index (χ2n) is 8.03.